The van der Waals surface area contributed by atoms with E-state index < -0.39 is 18.5 Å². The number of carbonyl (C=O) groups is 2. The second kappa shape index (κ2) is 9.05. The highest BCUT2D eigenvalue weighted by molar-refractivity contribution is 6.30. The molecule has 0 aliphatic heterocycles. The maximum atomic E-state index is 12.1. The fourth-order valence-corrected chi connectivity index (χ4v) is 2.10. The quantitative estimate of drug-likeness (QED) is 0.744. The Hall–Kier alpha value is -2.80. The lowest BCUT2D eigenvalue weighted by Gasteiger charge is -2.14. The van der Waals surface area contributed by atoms with E-state index in [0.29, 0.717) is 22.3 Å². The number of methoxy groups -OCH3 is 1. The van der Waals surface area contributed by atoms with Gasteiger partial charge in [0, 0.05) is 6.20 Å². The fourth-order valence-electron chi connectivity index (χ4n) is 1.99. The third-order valence-corrected chi connectivity index (χ3v) is 3.31. The van der Waals surface area contributed by atoms with E-state index in [1.54, 1.807) is 24.3 Å². The number of hydrogen-bond acceptors (Lipinski definition) is 6. The molecule has 8 heteroatoms. The molecule has 0 spiro atoms. The Morgan fingerprint density at radius 2 is 1.96 bits per heavy atom. The van der Waals surface area contributed by atoms with Gasteiger partial charge in [-0.25, -0.2) is 9.78 Å². The lowest BCUT2D eigenvalue weighted by Crippen LogP contribution is -2.21. The van der Waals surface area contributed by atoms with Crippen molar-refractivity contribution < 1.29 is 23.8 Å². The van der Waals surface area contributed by atoms with Crippen molar-refractivity contribution in [3.05, 3.63) is 47.1 Å². The highest BCUT2D eigenvalue weighted by Gasteiger charge is 2.15. The Balaban J connectivity index is 1.94. The molecule has 26 heavy (non-hydrogen) atoms. The maximum Gasteiger partial charge on any atom is 0.338 e. The summed E-state index contributed by atoms with van der Waals surface area (Å²) in [5.41, 5.74) is 0.246. The Kier molecular flexibility index (Phi) is 6.80. The molecule has 1 N–H and O–H groups in total. The van der Waals surface area contributed by atoms with Gasteiger partial charge in [0.05, 0.1) is 23.8 Å². The first kappa shape index (κ1) is 19.5. The van der Waals surface area contributed by atoms with Crippen LogP contribution in [0.2, 0.25) is 5.02 Å². The van der Waals surface area contributed by atoms with Gasteiger partial charge >= 0.3 is 5.97 Å². The molecule has 0 unspecified atom stereocenters. The van der Waals surface area contributed by atoms with Gasteiger partial charge in [-0.1, -0.05) is 11.6 Å². The van der Waals surface area contributed by atoms with Gasteiger partial charge < -0.3 is 19.5 Å². The second-order valence-electron chi connectivity index (χ2n) is 5.52. The van der Waals surface area contributed by atoms with Crippen molar-refractivity contribution in [1.29, 1.82) is 0 Å². The number of carbonyl (C=O) groups excluding carboxylic acids is 2. The Labute approximate surface area is 156 Å². The van der Waals surface area contributed by atoms with E-state index in [1.165, 1.54) is 19.4 Å². The van der Waals surface area contributed by atoms with Crippen LogP contribution in [0.4, 0.5) is 5.82 Å². The SMILES string of the molecule is COc1cc(C(=O)OCC(=O)Nc2ccc(Cl)cn2)ccc1OC(C)C. The number of benzene rings is 1. The minimum atomic E-state index is -0.654. The molecule has 0 atom stereocenters. The number of nitrogens with one attached hydrogen (secondary N) is 1. The number of hydrogen-bond donors (Lipinski definition) is 1. The summed E-state index contributed by atoms with van der Waals surface area (Å²) in [7, 11) is 1.48. The van der Waals surface area contributed by atoms with Crippen molar-refractivity contribution >= 4 is 29.3 Å². The van der Waals surface area contributed by atoms with Gasteiger partial charge in [-0.3, -0.25) is 4.79 Å². The summed E-state index contributed by atoms with van der Waals surface area (Å²) in [6.45, 7) is 3.32. The van der Waals surface area contributed by atoms with Crippen molar-refractivity contribution in [2.75, 3.05) is 19.0 Å². The maximum absolute atomic E-state index is 12.1. The number of esters is 1. The van der Waals surface area contributed by atoms with Crippen LogP contribution in [-0.4, -0.2) is 36.7 Å². The molecule has 1 aromatic heterocycles. The molecule has 0 saturated carbocycles. The number of nitrogens with zero attached hydrogens (tertiary/aromatic N) is 1. The van der Waals surface area contributed by atoms with E-state index in [2.05, 4.69) is 10.3 Å². The molecule has 138 valence electrons. The minimum Gasteiger partial charge on any atom is -0.493 e. The summed E-state index contributed by atoms with van der Waals surface area (Å²) < 4.78 is 15.8. The molecule has 0 fully saturated rings. The van der Waals surface area contributed by atoms with Crippen LogP contribution in [0, 0.1) is 0 Å². The van der Waals surface area contributed by atoms with Crippen LogP contribution in [0.5, 0.6) is 11.5 Å². The number of pyridine rings is 1. The Morgan fingerprint density at radius 1 is 1.19 bits per heavy atom. The first-order valence-electron chi connectivity index (χ1n) is 7.82. The number of anilines is 1. The molecule has 2 rings (SSSR count). The summed E-state index contributed by atoms with van der Waals surface area (Å²) in [5.74, 6) is 0.0689. The van der Waals surface area contributed by atoms with Crippen LogP contribution in [0.1, 0.15) is 24.2 Å². The number of amides is 1. The van der Waals surface area contributed by atoms with Gasteiger partial charge in [0.2, 0.25) is 0 Å². The highest BCUT2D eigenvalue weighted by atomic mass is 35.5. The zero-order valence-electron chi connectivity index (χ0n) is 14.6. The van der Waals surface area contributed by atoms with Crippen molar-refractivity contribution in [2.45, 2.75) is 20.0 Å². The molecule has 0 saturated heterocycles. The molecule has 1 aromatic carbocycles. The van der Waals surface area contributed by atoms with E-state index in [1.807, 2.05) is 13.8 Å². The van der Waals surface area contributed by atoms with E-state index in [9.17, 15) is 9.59 Å². The largest absolute Gasteiger partial charge is 0.493 e. The van der Waals surface area contributed by atoms with Gasteiger partial charge in [0.15, 0.2) is 18.1 Å². The normalized spacial score (nSPS) is 10.3. The molecule has 0 aliphatic rings. The standard InChI is InChI=1S/C18H19ClN2O5/c1-11(2)26-14-6-4-12(8-15(14)24-3)18(23)25-10-17(22)21-16-7-5-13(19)9-20-16/h4-9,11H,10H2,1-3H3,(H,20,21,22). The molecular weight excluding hydrogens is 360 g/mol. The van der Waals surface area contributed by atoms with Crippen LogP contribution in [0.25, 0.3) is 0 Å². The summed E-state index contributed by atoms with van der Waals surface area (Å²) in [4.78, 5) is 27.9. The molecule has 0 aliphatic carbocycles. The van der Waals surface area contributed by atoms with Gasteiger partial charge in [-0.05, 0) is 44.2 Å². The van der Waals surface area contributed by atoms with Crippen LogP contribution in [-0.2, 0) is 9.53 Å². The summed E-state index contributed by atoms with van der Waals surface area (Å²) in [5, 5.41) is 2.95. The predicted octanol–water partition coefficient (Wildman–Crippen LogP) is 3.33. The Bertz CT molecular complexity index is 778. The lowest BCUT2D eigenvalue weighted by atomic mass is 10.2. The minimum absolute atomic E-state index is 0.0353. The molecule has 0 bridgehead atoms. The first-order valence-corrected chi connectivity index (χ1v) is 8.20. The smallest absolute Gasteiger partial charge is 0.338 e. The van der Waals surface area contributed by atoms with Crippen molar-refractivity contribution in [1.82, 2.24) is 4.98 Å². The fraction of sp³-hybridized carbons (Fsp3) is 0.278. The zero-order valence-corrected chi connectivity index (χ0v) is 15.4. The number of ether oxygens (including phenoxy) is 3. The van der Waals surface area contributed by atoms with E-state index in [0.717, 1.165) is 0 Å². The molecule has 1 heterocycles. The van der Waals surface area contributed by atoms with Crippen LogP contribution < -0.4 is 14.8 Å². The van der Waals surface area contributed by atoms with Crippen molar-refractivity contribution in [3.63, 3.8) is 0 Å². The summed E-state index contributed by atoms with van der Waals surface area (Å²) in [6, 6.07) is 7.79. The second-order valence-corrected chi connectivity index (χ2v) is 5.95. The topological polar surface area (TPSA) is 86.8 Å². The van der Waals surface area contributed by atoms with Gasteiger partial charge in [-0.15, -0.1) is 0 Å². The van der Waals surface area contributed by atoms with Crippen LogP contribution >= 0.6 is 11.6 Å². The summed E-state index contributed by atoms with van der Waals surface area (Å²) >= 11 is 5.72. The lowest BCUT2D eigenvalue weighted by molar-refractivity contribution is -0.119. The monoisotopic (exact) mass is 378 g/mol. The van der Waals surface area contributed by atoms with E-state index in [-0.39, 0.29) is 11.7 Å². The molecule has 7 nitrogen and oxygen atoms in total. The third-order valence-electron chi connectivity index (χ3n) is 3.09. The van der Waals surface area contributed by atoms with Crippen molar-refractivity contribution in [2.24, 2.45) is 0 Å². The van der Waals surface area contributed by atoms with Crippen LogP contribution in [0.15, 0.2) is 36.5 Å². The van der Waals surface area contributed by atoms with E-state index >= 15 is 0 Å². The molecule has 0 radical (unpaired) electrons. The number of aromatic nitrogens is 1. The van der Waals surface area contributed by atoms with Gasteiger partial charge in [-0.2, -0.15) is 0 Å². The molecule has 2 aromatic rings. The average Bonchev–Trinajstić information content (AvgIpc) is 2.61. The third kappa shape index (κ3) is 5.63. The van der Waals surface area contributed by atoms with Gasteiger partial charge in [0.1, 0.15) is 5.82 Å². The van der Waals surface area contributed by atoms with Gasteiger partial charge in [0.25, 0.3) is 5.91 Å². The zero-order chi connectivity index (χ0) is 19.1. The first-order chi connectivity index (χ1) is 12.4. The average molecular weight is 379 g/mol. The van der Waals surface area contributed by atoms with Crippen molar-refractivity contribution in [3.8, 4) is 11.5 Å². The molecule has 1 amide bonds. The summed E-state index contributed by atoms with van der Waals surface area (Å²) in [6.07, 6.45) is 1.36. The predicted molar refractivity (Wildman–Crippen MR) is 96.9 cm³/mol. The van der Waals surface area contributed by atoms with E-state index in [4.69, 9.17) is 25.8 Å². The number of halogens is 1. The highest BCUT2D eigenvalue weighted by Crippen LogP contribution is 2.29. The Morgan fingerprint density at radius 3 is 2.58 bits per heavy atom. The molecular formula is C18H19ClN2O5. The van der Waals surface area contributed by atoms with Crippen LogP contribution in [0.3, 0.4) is 0 Å². The number of rotatable bonds is 7.